The van der Waals surface area contributed by atoms with E-state index in [1.165, 1.54) is 12.1 Å². The molecular weight excluding hydrogens is 331 g/mol. The number of nitrogens with zero attached hydrogens (tertiary/aromatic N) is 2. The number of carbonyl (C=O) groups excluding carboxylic acids is 1. The molecule has 0 bridgehead atoms. The zero-order chi connectivity index (χ0) is 17.3. The molecule has 0 N–H and O–H groups in total. The van der Waals surface area contributed by atoms with Gasteiger partial charge in [-0.3, -0.25) is 4.79 Å². The van der Waals surface area contributed by atoms with Crippen LogP contribution in [-0.4, -0.2) is 22.5 Å². The van der Waals surface area contributed by atoms with E-state index in [-0.39, 0.29) is 34.9 Å². The lowest BCUT2D eigenvalue weighted by Crippen LogP contribution is -2.32. The highest BCUT2D eigenvalue weighted by atomic mass is 35.5. The molecule has 0 spiro atoms. The van der Waals surface area contributed by atoms with Gasteiger partial charge in [0.2, 0.25) is 5.91 Å². The summed E-state index contributed by atoms with van der Waals surface area (Å²) in [5, 5.41) is 4.41. The van der Waals surface area contributed by atoms with E-state index in [4.69, 9.17) is 16.1 Å². The Hall–Kier alpha value is -1.88. The highest BCUT2D eigenvalue weighted by molar-refractivity contribution is 6.31. The standard InChI is InChI=1S/C18H20ClFN2O2/c1-11(2)17-10-15(21-24-17)16-7-4-8-22(16)18(23)9-12-13(19)5-3-6-14(12)20/h3,5-6,10-11,16H,4,7-9H2,1-2H3/t16-/m1/s1. The van der Waals surface area contributed by atoms with Gasteiger partial charge in [0, 0.05) is 29.1 Å². The molecule has 0 unspecified atom stereocenters. The van der Waals surface area contributed by atoms with Crippen LogP contribution in [0.15, 0.2) is 28.8 Å². The van der Waals surface area contributed by atoms with Gasteiger partial charge >= 0.3 is 0 Å². The molecule has 0 radical (unpaired) electrons. The minimum atomic E-state index is -0.449. The fourth-order valence-corrected chi connectivity index (χ4v) is 3.29. The van der Waals surface area contributed by atoms with Crippen molar-refractivity contribution in [3.05, 3.63) is 52.1 Å². The number of hydrogen-bond acceptors (Lipinski definition) is 3. The number of likely N-dealkylation sites (tertiary alicyclic amines) is 1. The van der Waals surface area contributed by atoms with Crippen LogP contribution in [0.2, 0.25) is 5.02 Å². The molecule has 0 aliphatic carbocycles. The summed E-state index contributed by atoms with van der Waals surface area (Å²) in [5.41, 5.74) is 1.02. The van der Waals surface area contributed by atoms with E-state index in [0.29, 0.717) is 6.54 Å². The van der Waals surface area contributed by atoms with Crippen molar-refractivity contribution < 1.29 is 13.7 Å². The molecule has 1 aromatic carbocycles. The first-order chi connectivity index (χ1) is 11.5. The van der Waals surface area contributed by atoms with Gasteiger partial charge in [-0.05, 0) is 25.0 Å². The molecule has 1 fully saturated rings. The molecule has 128 valence electrons. The maximum Gasteiger partial charge on any atom is 0.227 e. The second-order valence-electron chi connectivity index (χ2n) is 6.43. The van der Waals surface area contributed by atoms with Crippen LogP contribution in [-0.2, 0) is 11.2 Å². The van der Waals surface area contributed by atoms with Gasteiger partial charge in [0.1, 0.15) is 17.3 Å². The van der Waals surface area contributed by atoms with Crippen molar-refractivity contribution in [1.82, 2.24) is 10.1 Å². The fourth-order valence-electron chi connectivity index (χ4n) is 3.06. The normalized spacial score (nSPS) is 17.7. The third kappa shape index (κ3) is 3.31. The number of carbonyl (C=O) groups is 1. The number of benzene rings is 1. The minimum Gasteiger partial charge on any atom is -0.361 e. The summed E-state index contributed by atoms with van der Waals surface area (Å²) < 4.78 is 19.3. The number of aromatic nitrogens is 1. The van der Waals surface area contributed by atoms with Crippen molar-refractivity contribution in [2.45, 2.75) is 45.1 Å². The average molecular weight is 351 g/mol. The van der Waals surface area contributed by atoms with Crippen LogP contribution >= 0.6 is 11.6 Å². The Kier molecular flexibility index (Phi) is 4.90. The van der Waals surface area contributed by atoms with Crippen molar-refractivity contribution in [3.8, 4) is 0 Å². The fraction of sp³-hybridized carbons (Fsp3) is 0.444. The molecule has 1 atom stereocenters. The van der Waals surface area contributed by atoms with Gasteiger partial charge in [-0.1, -0.05) is 36.7 Å². The predicted molar refractivity (Wildman–Crippen MR) is 89.4 cm³/mol. The Morgan fingerprint density at radius 2 is 2.29 bits per heavy atom. The second kappa shape index (κ2) is 6.93. The summed E-state index contributed by atoms with van der Waals surface area (Å²) in [6, 6.07) is 6.26. The third-order valence-electron chi connectivity index (χ3n) is 4.42. The summed E-state index contributed by atoms with van der Waals surface area (Å²) in [7, 11) is 0. The molecule has 1 aliphatic heterocycles. The minimum absolute atomic E-state index is 0.0447. The molecule has 6 heteroatoms. The largest absolute Gasteiger partial charge is 0.361 e. The van der Waals surface area contributed by atoms with E-state index >= 15 is 0 Å². The molecule has 3 rings (SSSR count). The van der Waals surface area contributed by atoms with Crippen molar-refractivity contribution in [1.29, 1.82) is 0 Å². The molecule has 1 aliphatic rings. The van der Waals surface area contributed by atoms with Gasteiger partial charge in [0.15, 0.2) is 0 Å². The van der Waals surface area contributed by atoms with Gasteiger partial charge in [0.25, 0.3) is 0 Å². The molecule has 1 saturated heterocycles. The predicted octanol–water partition coefficient (Wildman–Crippen LogP) is 4.50. The first-order valence-corrected chi connectivity index (χ1v) is 8.54. The SMILES string of the molecule is CC(C)c1cc([C@H]2CCCN2C(=O)Cc2c(F)cccc2Cl)no1. The van der Waals surface area contributed by atoms with E-state index in [2.05, 4.69) is 5.16 Å². The third-order valence-corrected chi connectivity index (χ3v) is 4.77. The summed E-state index contributed by atoms with van der Waals surface area (Å²) in [6.07, 6.45) is 1.68. The van der Waals surface area contributed by atoms with E-state index in [1.54, 1.807) is 11.0 Å². The zero-order valence-electron chi connectivity index (χ0n) is 13.8. The van der Waals surface area contributed by atoms with E-state index in [0.717, 1.165) is 24.3 Å². The first kappa shape index (κ1) is 17.0. The van der Waals surface area contributed by atoms with Crippen LogP contribution in [0.5, 0.6) is 0 Å². The topological polar surface area (TPSA) is 46.3 Å². The van der Waals surface area contributed by atoms with Crippen molar-refractivity contribution in [2.75, 3.05) is 6.54 Å². The van der Waals surface area contributed by atoms with Gasteiger partial charge in [-0.15, -0.1) is 0 Å². The first-order valence-electron chi connectivity index (χ1n) is 8.16. The zero-order valence-corrected chi connectivity index (χ0v) is 14.5. The lowest BCUT2D eigenvalue weighted by molar-refractivity contribution is -0.131. The second-order valence-corrected chi connectivity index (χ2v) is 6.84. The molecular formula is C18H20ClFN2O2. The van der Waals surface area contributed by atoms with Crippen LogP contribution in [0, 0.1) is 5.82 Å². The quantitative estimate of drug-likeness (QED) is 0.815. The van der Waals surface area contributed by atoms with Gasteiger partial charge in [-0.2, -0.15) is 0 Å². The van der Waals surface area contributed by atoms with Crippen LogP contribution in [0.1, 0.15) is 55.7 Å². The highest BCUT2D eigenvalue weighted by Crippen LogP contribution is 2.33. The Balaban J connectivity index is 1.78. The Morgan fingerprint density at radius 1 is 1.50 bits per heavy atom. The molecule has 4 nitrogen and oxygen atoms in total. The Morgan fingerprint density at radius 3 is 2.96 bits per heavy atom. The van der Waals surface area contributed by atoms with Gasteiger partial charge in [-0.25, -0.2) is 4.39 Å². The van der Waals surface area contributed by atoms with Crippen LogP contribution in [0.25, 0.3) is 0 Å². The molecule has 0 saturated carbocycles. The molecule has 1 amide bonds. The van der Waals surface area contributed by atoms with Gasteiger partial charge < -0.3 is 9.42 Å². The van der Waals surface area contributed by atoms with E-state index in [9.17, 15) is 9.18 Å². The van der Waals surface area contributed by atoms with E-state index in [1.807, 2.05) is 19.9 Å². The van der Waals surface area contributed by atoms with E-state index < -0.39 is 5.82 Å². The smallest absolute Gasteiger partial charge is 0.227 e. The molecule has 24 heavy (non-hydrogen) atoms. The molecule has 1 aromatic heterocycles. The number of amides is 1. The maximum atomic E-state index is 13.9. The Labute approximate surface area is 145 Å². The summed E-state index contributed by atoms with van der Waals surface area (Å²) >= 11 is 6.03. The number of rotatable bonds is 4. The average Bonchev–Trinajstić information content (AvgIpc) is 3.18. The summed E-state index contributed by atoms with van der Waals surface area (Å²) in [4.78, 5) is 14.4. The van der Waals surface area contributed by atoms with Crippen LogP contribution < -0.4 is 0 Å². The number of hydrogen-bond donors (Lipinski definition) is 0. The van der Waals surface area contributed by atoms with Gasteiger partial charge in [0.05, 0.1) is 12.5 Å². The van der Waals surface area contributed by atoms with Crippen molar-refractivity contribution in [3.63, 3.8) is 0 Å². The Bertz CT molecular complexity index is 724. The van der Waals surface area contributed by atoms with Crippen LogP contribution in [0.3, 0.4) is 0 Å². The van der Waals surface area contributed by atoms with Crippen molar-refractivity contribution in [2.24, 2.45) is 0 Å². The van der Waals surface area contributed by atoms with Crippen LogP contribution in [0.4, 0.5) is 4.39 Å². The molecule has 2 heterocycles. The molecule has 2 aromatic rings. The lowest BCUT2D eigenvalue weighted by Gasteiger charge is -2.23. The lowest BCUT2D eigenvalue weighted by atomic mass is 10.1. The maximum absolute atomic E-state index is 13.9. The monoisotopic (exact) mass is 350 g/mol. The summed E-state index contributed by atoms with van der Waals surface area (Å²) in [6.45, 7) is 4.70. The summed E-state index contributed by atoms with van der Waals surface area (Å²) in [5.74, 6) is 0.462. The van der Waals surface area contributed by atoms with Crippen molar-refractivity contribution >= 4 is 17.5 Å². The number of halogens is 2. The highest BCUT2D eigenvalue weighted by Gasteiger charge is 2.33.